The number of fused-ring (bicyclic) bond motifs is 2. The first-order chi connectivity index (χ1) is 27.7. The van der Waals surface area contributed by atoms with E-state index in [9.17, 15) is 0 Å². The van der Waals surface area contributed by atoms with Gasteiger partial charge in [-0.25, -0.2) is 0 Å². The molecule has 5 aromatic rings. The summed E-state index contributed by atoms with van der Waals surface area (Å²) in [5, 5.41) is 6.71. The van der Waals surface area contributed by atoms with Crippen LogP contribution in [0.2, 0.25) is 0 Å². The van der Waals surface area contributed by atoms with Crippen LogP contribution >= 0.6 is 22.7 Å². The quantitative estimate of drug-likeness (QED) is 0.0379. The van der Waals surface area contributed by atoms with Crippen molar-refractivity contribution in [1.29, 1.82) is 0 Å². The number of hydrogen-bond acceptors (Lipinski definition) is 10. The highest BCUT2D eigenvalue weighted by atomic mass is 32.1. The molecule has 0 spiro atoms. The SMILES string of the molecule is C=COCCC(C=Cc1sc(C=Cc2ccc(C=Cc3sc(C=NN(CCOC=C)c4ccccc4)c4c3OCCO4)cc2)c2c1OCCO2)c1ccccc1. The molecular weight excluding hydrogens is 741 g/mol. The lowest BCUT2D eigenvalue weighted by molar-refractivity contribution is 0.173. The minimum Gasteiger partial charge on any atom is -0.502 e. The summed E-state index contributed by atoms with van der Waals surface area (Å²) >= 11 is 3.25. The second-order valence-electron chi connectivity index (χ2n) is 12.6. The Kier molecular flexibility index (Phi) is 13.4. The van der Waals surface area contributed by atoms with Gasteiger partial charge >= 0.3 is 0 Å². The minimum atomic E-state index is 0.191. The third kappa shape index (κ3) is 9.82. The Morgan fingerprint density at radius 3 is 1.68 bits per heavy atom. The Morgan fingerprint density at radius 1 is 0.607 bits per heavy atom. The average Bonchev–Trinajstić information content (AvgIpc) is 3.80. The van der Waals surface area contributed by atoms with Crippen molar-refractivity contribution in [3.8, 4) is 23.0 Å². The van der Waals surface area contributed by atoms with Crippen molar-refractivity contribution in [3.63, 3.8) is 0 Å². The number of nitrogens with zero attached hydrogens (tertiary/aromatic N) is 2. The summed E-state index contributed by atoms with van der Waals surface area (Å²) < 4.78 is 35.2. The van der Waals surface area contributed by atoms with Crippen molar-refractivity contribution >= 4 is 65.0 Å². The van der Waals surface area contributed by atoms with Crippen molar-refractivity contribution in [2.45, 2.75) is 12.3 Å². The minimum absolute atomic E-state index is 0.191. The Labute approximate surface area is 336 Å². The number of para-hydroxylation sites is 1. The monoisotopic (exact) mass is 784 g/mol. The molecule has 1 unspecified atom stereocenters. The third-order valence-corrected chi connectivity index (χ3v) is 11.1. The Bertz CT molecular complexity index is 2020. The molecule has 0 bridgehead atoms. The van der Waals surface area contributed by atoms with E-state index in [-0.39, 0.29) is 5.92 Å². The molecule has 0 radical (unpaired) electrons. The summed E-state index contributed by atoms with van der Waals surface area (Å²) in [6.07, 6.45) is 18.4. The molecule has 4 heterocycles. The molecule has 10 heteroatoms. The van der Waals surface area contributed by atoms with Gasteiger partial charge in [-0.3, -0.25) is 5.01 Å². The number of hydrogen-bond donors (Lipinski definition) is 0. The van der Waals surface area contributed by atoms with Crippen molar-refractivity contribution in [2.24, 2.45) is 5.10 Å². The third-order valence-electron chi connectivity index (χ3n) is 8.97. The summed E-state index contributed by atoms with van der Waals surface area (Å²) in [5.74, 6) is 3.26. The molecule has 0 fully saturated rings. The van der Waals surface area contributed by atoms with E-state index < -0.39 is 0 Å². The maximum Gasteiger partial charge on any atom is 0.181 e. The van der Waals surface area contributed by atoms with E-state index in [0.29, 0.717) is 46.2 Å². The van der Waals surface area contributed by atoms with E-state index in [1.807, 2.05) is 47.6 Å². The van der Waals surface area contributed by atoms with Gasteiger partial charge in [-0.15, -0.1) is 22.7 Å². The molecule has 0 aliphatic carbocycles. The predicted molar refractivity (Wildman–Crippen MR) is 231 cm³/mol. The van der Waals surface area contributed by atoms with Gasteiger partial charge in [-0.1, -0.05) is 104 Å². The molecule has 8 nitrogen and oxygen atoms in total. The molecule has 56 heavy (non-hydrogen) atoms. The van der Waals surface area contributed by atoms with Gasteiger partial charge in [0.2, 0.25) is 0 Å². The molecular formula is C46H44N2O6S2. The molecule has 0 saturated heterocycles. The van der Waals surface area contributed by atoms with E-state index in [1.54, 1.807) is 22.7 Å². The lowest BCUT2D eigenvalue weighted by Crippen LogP contribution is -2.21. The van der Waals surface area contributed by atoms with E-state index in [4.69, 9.17) is 33.5 Å². The number of ether oxygens (including phenoxy) is 6. The van der Waals surface area contributed by atoms with Gasteiger partial charge in [0.15, 0.2) is 23.0 Å². The molecule has 0 N–H and O–H groups in total. The highest BCUT2D eigenvalue weighted by molar-refractivity contribution is 7.15. The first kappa shape index (κ1) is 38.3. The van der Waals surface area contributed by atoms with E-state index in [2.05, 4.69) is 98.1 Å². The van der Waals surface area contributed by atoms with Crippen molar-refractivity contribution < 1.29 is 28.4 Å². The molecule has 1 atom stereocenters. The fourth-order valence-electron chi connectivity index (χ4n) is 6.22. The van der Waals surface area contributed by atoms with Crippen LogP contribution < -0.4 is 24.0 Å². The number of hydrazone groups is 1. The van der Waals surface area contributed by atoms with E-state index in [1.165, 1.54) is 18.1 Å². The highest BCUT2D eigenvalue weighted by Crippen LogP contribution is 2.46. The second kappa shape index (κ2) is 19.6. The maximum absolute atomic E-state index is 6.12. The predicted octanol–water partition coefficient (Wildman–Crippen LogP) is 11.0. The Hall–Kier alpha value is -5.97. The average molecular weight is 785 g/mol. The van der Waals surface area contributed by atoms with Crippen molar-refractivity contribution in [2.75, 3.05) is 51.2 Å². The molecule has 0 amide bonds. The topological polar surface area (TPSA) is 71.0 Å². The molecule has 286 valence electrons. The van der Waals surface area contributed by atoms with Crippen LogP contribution in [0, 0.1) is 0 Å². The fraction of sp³-hybridized carbons (Fsp3) is 0.196. The van der Waals surface area contributed by atoms with Gasteiger partial charge in [-0.2, -0.15) is 5.10 Å². The molecule has 2 aliphatic rings. The largest absolute Gasteiger partial charge is 0.502 e. The van der Waals surface area contributed by atoms with Crippen LogP contribution in [0.5, 0.6) is 23.0 Å². The van der Waals surface area contributed by atoms with Gasteiger partial charge in [0.25, 0.3) is 0 Å². The summed E-state index contributed by atoms with van der Waals surface area (Å²) in [4.78, 5) is 3.93. The van der Waals surface area contributed by atoms with E-state index >= 15 is 0 Å². The molecule has 2 aliphatic heterocycles. The van der Waals surface area contributed by atoms with Crippen LogP contribution in [-0.2, 0) is 9.47 Å². The smallest absolute Gasteiger partial charge is 0.181 e. The Balaban J connectivity index is 1.05. The summed E-state index contributed by atoms with van der Waals surface area (Å²) in [7, 11) is 0. The maximum atomic E-state index is 6.12. The standard InChI is InChI=1S/C46H44N2O6S2/c1-3-49-27-25-37(36-11-7-5-8-12-36)21-24-41-44-43(51-29-30-52-44)39(55-41)22-19-34-15-17-35(18-16-34)20-23-40-45-46(54-32-31-53-45)42(56-40)33-47-48(26-28-50-4-2)38-13-9-6-10-14-38/h3-24,33,37H,1-2,25-32H2. The lowest BCUT2D eigenvalue weighted by Gasteiger charge is -2.19. The van der Waals surface area contributed by atoms with Gasteiger partial charge < -0.3 is 28.4 Å². The van der Waals surface area contributed by atoms with Gasteiger partial charge in [0.1, 0.15) is 33.0 Å². The number of allylic oxidation sites excluding steroid dienone is 1. The molecule has 0 saturated carbocycles. The first-order valence-corrected chi connectivity index (χ1v) is 20.2. The number of benzene rings is 3. The Morgan fingerprint density at radius 2 is 1.11 bits per heavy atom. The molecule has 3 aromatic carbocycles. The number of thiophene rings is 2. The van der Waals surface area contributed by atoms with Crippen LogP contribution in [0.1, 0.15) is 48.5 Å². The number of anilines is 1. The zero-order valence-electron chi connectivity index (χ0n) is 31.1. The first-order valence-electron chi connectivity index (χ1n) is 18.6. The zero-order valence-corrected chi connectivity index (χ0v) is 32.7. The van der Waals surface area contributed by atoms with Crippen LogP contribution in [0.15, 0.2) is 122 Å². The van der Waals surface area contributed by atoms with Crippen molar-refractivity contribution in [1.82, 2.24) is 0 Å². The number of rotatable bonds is 18. The van der Waals surface area contributed by atoms with Crippen LogP contribution in [0.25, 0.3) is 30.4 Å². The molecule has 7 rings (SSSR count). The van der Waals surface area contributed by atoms with Crippen LogP contribution in [0.4, 0.5) is 5.69 Å². The van der Waals surface area contributed by atoms with Gasteiger partial charge in [0.05, 0.1) is 57.1 Å². The normalized spacial score (nSPS) is 14.1. The summed E-state index contributed by atoms with van der Waals surface area (Å²) in [6, 6.07) is 28.9. The lowest BCUT2D eigenvalue weighted by atomic mass is 9.95. The summed E-state index contributed by atoms with van der Waals surface area (Å²) in [6.45, 7) is 11.0. The molecule has 2 aromatic heterocycles. The van der Waals surface area contributed by atoms with Crippen LogP contribution in [-0.4, -0.2) is 52.4 Å². The van der Waals surface area contributed by atoms with Crippen LogP contribution in [0.3, 0.4) is 0 Å². The van der Waals surface area contributed by atoms with Gasteiger partial charge in [0, 0.05) is 5.92 Å². The van der Waals surface area contributed by atoms with E-state index in [0.717, 1.165) is 65.7 Å². The zero-order chi connectivity index (χ0) is 38.4. The summed E-state index contributed by atoms with van der Waals surface area (Å²) in [5.41, 5.74) is 4.35. The fourth-order valence-corrected chi connectivity index (χ4v) is 8.19. The van der Waals surface area contributed by atoms with Crippen molar-refractivity contribution in [3.05, 3.63) is 153 Å². The highest BCUT2D eigenvalue weighted by Gasteiger charge is 2.24. The second-order valence-corrected chi connectivity index (χ2v) is 14.8. The van der Waals surface area contributed by atoms with Gasteiger partial charge in [-0.05, 0) is 53.5 Å².